The van der Waals surface area contributed by atoms with E-state index in [4.69, 9.17) is 23.2 Å². The van der Waals surface area contributed by atoms with Crippen molar-refractivity contribution in [3.63, 3.8) is 0 Å². The highest BCUT2D eigenvalue weighted by atomic mass is 35.5. The van der Waals surface area contributed by atoms with E-state index in [-0.39, 0.29) is 22.1 Å². The second-order valence-corrected chi connectivity index (χ2v) is 6.57. The number of fused-ring (bicyclic) bond motifs is 1. The van der Waals surface area contributed by atoms with Crippen molar-refractivity contribution in [1.29, 1.82) is 0 Å². The first-order chi connectivity index (χ1) is 12.1. The van der Waals surface area contributed by atoms with Crippen molar-refractivity contribution in [3.05, 3.63) is 63.0 Å². The first kappa shape index (κ1) is 18.5. The van der Waals surface area contributed by atoms with Gasteiger partial charge in [0.05, 0.1) is 16.3 Å². The van der Waals surface area contributed by atoms with Crippen LogP contribution in [0.3, 0.4) is 0 Å². The van der Waals surface area contributed by atoms with Crippen LogP contribution in [-0.2, 0) is 6.18 Å². The molecule has 136 valence electrons. The molecule has 3 rings (SSSR count). The van der Waals surface area contributed by atoms with E-state index < -0.39 is 17.6 Å². The predicted molar refractivity (Wildman–Crippen MR) is 94.1 cm³/mol. The van der Waals surface area contributed by atoms with E-state index in [1.807, 2.05) is 0 Å². The lowest BCUT2D eigenvalue weighted by Gasteiger charge is -2.11. The number of hydrogen-bond donors (Lipinski definition) is 1. The van der Waals surface area contributed by atoms with Gasteiger partial charge in [-0.1, -0.05) is 29.3 Å². The highest BCUT2D eigenvalue weighted by Gasteiger charge is 2.33. The number of amides is 1. The van der Waals surface area contributed by atoms with Crippen LogP contribution in [0.4, 0.5) is 18.9 Å². The first-order valence-corrected chi connectivity index (χ1v) is 8.16. The number of aryl methyl sites for hydroxylation is 2. The lowest BCUT2D eigenvalue weighted by atomic mass is 10.2. The van der Waals surface area contributed by atoms with Gasteiger partial charge in [-0.15, -0.1) is 0 Å². The van der Waals surface area contributed by atoms with E-state index in [1.165, 1.54) is 6.92 Å². The van der Waals surface area contributed by atoms with Gasteiger partial charge in [0.1, 0.15) is 5.69 Å². The summed E-state index contributed by atoms with van der Waals surface area (Å²) in [7, 11) is 0. The summed E-state index contributed by atoms with van der Waals surface area (Å²) < 4.78 is 40.3. The van der Waals surface area contributed by atoms with Crippen molar-refractivity contribution in [2.45, 2.75) is 20.0 Å². The monoisotopic (exact) mass is 401 g/mol. The summed E-state index contributed by atoms with van der Waals surface area (Å²) in [5, 5.41) is 2.88. The van der Waals surface area contributed by atoms with Crippen LogP contribution in [0.25, 0.3) is 5.65 Å². The number of nitrogens with zero attached hydrogens (tertiary/aromatic N) is 2. The molecule has 0 spiro atoms. The molecule has 0 aliphatic carbocycles. The van der Waals surface area contributed by atoms with Crippen molar-refractivity contribution < 1.29 is 18.0 Å². The summed E-state index contributed by atoms with van der Waals surface area (Å²) in [6.45, 7) is 3.29. The van der Waals surface area contributed by atoms with Gasteiger partial charge in [0.25, 0.3) is 5.91 Å². The summed E-state index contributed by atoms with van der Waals surface area (Å²) >= 11 is 11.9. The lowest BCUT2D eigenvalue weighted by Crippen LogP contribution is -2.17. The molecule has 2 aromatic heterocycles. The maximum absolute atomic E-state index is 13.1. The second-order valence-electron chi connectivity index (χ2n) is 5.73. The van der Waals surface area contributed by atoms with Gasteiger partial charge in [0, 0.05) is 16.9 Å². The third kappa shape index (κ3) is 3.37. The van der Waals surface area contributed by atoms with Crippen LogP contribution < -0.4 is 5.32 Å². The van der Waals surface area contributed by atoms with Crippen molar-refractivity contribution in [1.82, 2.24) is 9.38 Å². The van der Waals surface area contributed by atoms with Crippen LogP contribution in [0, 0.1) is 13.8 Å². The molecule has 0 unspecified atom stereocenters. The van der Waals surface area contributed by atoms with Gasteiger partial charge in [-0.2, -0.15) is 13.2 Å². The van der Waals surface area contributed by atoms with Crippen LogP contribution in [-0.4, -0.2) is 15.3 Å². The fourth-order valence-electron chi connectivity index (χ4n) is 2.56. The minimum Gasteiger partial charge on any atom is -0.320 e. The summed E-state index contributed by atoms with van der Waals surface area (Å²) in [6.07, 6.45) is -3.80. The zero-order chi connectivity index (χ0) is 19.2. The molecule has 0 bridgehead atoms. The smallest absolute Gasteiger partial charge is 0.320 e. The molecule has 1 amide bonds. The molecule has 1 N–H and O–H groups in total. The number of benzene rings is 1. The molecule has 0 saturated carbocycles. The van der Waals surface area contributed by atoms with E-state index in [0.29, 0.717) is 10.7 Å². The second kappa shape index (κ2) is 6.48. The molecular weight excluding hydrogens is 390 g/mol. The Hall–Kier alpha value is -2.25. The first-order valence-electron chi connectivity index (χ1n) is 7.41. The highest BCUT2D eigenvalue weighted by molar-refractivity contribution is 6.33. The Balaban J connectivity index is 2.12. The van der Waals surface area contributed by atoms with Crippen molar-refractivity contribution in [2.24, 2.45) is 0 Å². The van der Waals surface area contributed by atoms with Gasteiger partial charge < -0.3 is 5.32 Å². The third-order valence-corrected chi connectivity index (χ3v) is 4.35. The van der Waals surface area contributed by atoms with Gasteiger partial charge in [0.15, 0.2) is 5.65 Å². The normalized spacial score (nSPS) is 11.8. The maximum Gasteiger partial charge on any atom is 0.417 e. The Bertz CT molecular complexity index is 1030. The number of hydrogen-bond acceptors (Lipinski definition) is 2. The Kier molecular flexibility index (Phi) is 4.62. The SMILES string of the molecule is Cc1ccc(Cl)cc1NC(=O)c1c(C)nc2c(Cl)cc(C(F)(F)F)cn12. The summed E-state index contributed by atoms with van der Waals surface area (Å²) in [5.74, 6) is -0.615. The number of pyridine rings is 1. The average molecular weight is 402 g/mol. The molecule has 0 fully saturated rings. The number of aromatic nitrogens is 2. The summed E-state index contributed by atoms with van der Waals surface area (Å²) in [6, 6.07) is 5.73. The predicted octanol–water partition coefficient (Wildman–Crippen LogP) is 5.53. The molecule has 0 radical (unpaired) electrons. The average Bonchev–Trinajstić information content (AvgIpc) is 2.87. The summed E-state index contributed by atoms with van der Waals surface area (Å²) in [4.78, 5) is 16.8. The fourth-order valence-corrected chi connectivity index (χ4v) is 2.98. The van der Waals surface area contributed by atoms with E-state index in [9.17, 15) is 18.0 Å². The Morgan fingerprint density at radius 1 is 1.19 bits per heavy atom. The van der Waals surface area contributed by atoms with E-state index in [2.05, 4.69) is 10.3 Å². The molecule has 4 nitrogen and oxygen atoms in total. The third-order valence-electron chi connectivity index (χ3n) is 3.84. The number of carbonyl (C=O) groups excluding carboxylic acids is 1. The zero-order valence-electron chi connectivity index (χ0n) is 13.6. The molecule has 0 aliphatic rings. The van der Waals surface area contributed by atoms with Gasteiger partial charge in [-0.25, -0.2) is 4.98 Å². The number of halogens is 5. The molecule has 9 heteroatoms. The molecular formula is C17H12Cl2F3N3O. The topological polar surface area (TPSA) is 46.4 Å². The fraction of sp³-hybridized carbons (Fsp3) is 0.176. The van der Waals surface area contributed by atoms with E-state index in [1.54, 1.807) is 25.1 Å². The van der Waals surface area contributed by atoms with E-state index >= 15 is 0 Å². The Morgan fingerprint density at radius 3 is 2.54 bits per heavy atom. The van der Waals surface area contributed by atoms with Crippen LogP contribution in [0.15, 0.2) is 30.5 Å². The van der Waals surface area contributed by atoms with Crippen molar-refractivity contribution in [2.75, 3.05) is 5.32 Å². The van der Waals surface area contributed by atoms with Gasteiger partial charge in [-0.3, -0.25) is 9.20 Å². The number of alkyl halides is 3. The molecule has 0 saturated heterocycles. The zero-order valence-corrected chi connectivity index (χ0v) is 15.1. The van der Waals surface area contributed by atoms with Crippen LogP contribution >= 0.6 is 23.2 Å². The number of carbonyl (C=O) groups is 1. The van der Waals surface area contributed by atoms with Crippen LogP contribution in [0.5, 0.6) is 0 Å². The van der Waals surface area contributed by atoms with Crippen molar-refractivity contribution in [3.8, 4) is 0 Å². The molecule has 1 aromatic carbocycles. The number of imidazole rings is 1. The summed E-state index contributed by atoms with van der Waals surface area (Å²) in [5.41, 5.74) is 0.527. The Labute approximate surface area is 156 Å². The van der Waals surface area contributed by atoms with Crippen LogP contribution in [0.1, 0.15) is 27.3 Å². The maximum atomic E-state index is 13.1. The standard InChI is InChI=1S/C17H12Cl2F3N3O/c1-8-3-4-11(18)6-13(8)24-16(26)14-9(2)23-15-12(19)5-10(7-25(14)15)17(20,21)22/h3-7H,1-2H3,(H,24,26). The van der Waals surface area contributed by atoms with E-state index in [0.717, 1.165) is 22.2 Å². The quantitative estimate of drug-likeness (QED) is 0.613. The minimum atomic E-state index is -4.60. The molecule has 0 atom stereocenters. The molecule has 3 aromatic rings. The lowest BCUT2D eigenvalue weighted by molar-refractivity contribution is -0.137. The number of rotatable bonds is 2. The highest BCUT2D eigenvalue weighted by Crippen LogP contribution is 2.33. The number of anilines is 1. The van der Waals surface area contributed by atoms with Gasteiger partial charge in [0.2, 0.25) is 0 Å². The minimum absolute atomic E-state index is 0.0348. The molecule has 0 aliphatic heterocycles. The van der Waals surface area contributed by atoms with Gasteiger partial charge in [-0.05, 0) is 37.6 Å². The van der Waals surface area contributed by atoms with Crippen LogP contribution in [0.2, 0.25) is 10.0 Å². The largest absolute Gasteiger partial charge is 0.417 e. The van der Waals surface area contributed by atoms with Crippen molar-refractivity contribution >= 4 is 40.4 Å². The molecule has 2 heterocycles. The molecule has 26 heavy (non-hydrogen) atoms. The van der Waals surface area contributed by atoms with Gasteiger partial charge >= 0.3 is 6.18 Å². The number of nitrogens with one attached hydrogen (secondary N) is 1. The Morgan fingerprint density at radius 2 is 1.88 bits per heavy atom.